The number of carbonyl (C=O) groups excluding carboxylic acids is 1. The summed E-state index contributed by atoms with van der Waals surface area (Å²) < 4.78 is 0. The van der Waals surface area contributed by atoms with E-state index in [-0.39, 0.29) is 5.91 Å². The highest BCUT2D eigenvalue weighted by molar-refractivity contribution is 7.15. The van der Waals surface area contributed by atoms with Crippen LogP contribution in [-0.2, 0) is 6.54 Å². The summed E-state index contributed by atoms with van der Waals surface area (Å²) >= 11 is 1.22. The highest BCUT2D eigenvalue weighted by Crippen LogP contribution is 2.25. The predicted molar refractivity (Wildman–Crippen MR) is 135 cm³/mol. The Hall–Kier alpha value is -3.26. The first-order chi connectivity index (χ1) is 16.2. The highest BCUT2D eigenvalue weighted by atomic mass is 32.1. The lowest BCUT2D eigenvalue weighted by Gasteiger charge is -2.26. The van der Waals surface area contributed by atoms with Gasteiger partial charge in [-0.15, -0.1) is 11.3 Å². The van der Waals surface area contributed by atoms with Crippen LogP contribution < -0.4 is 15.5 Å². The molecule has 1 fully saturated rings. The number of pyridine rings is 1. The third kappa shape index (κ3) is 5.76. The Kier molecular flexibility index (Phi) is 7.67. The molecule has 3 aromatic rings. The first-order valence-corrected chi connectivity index (χ1v) is 12.3. The van der Waals surface area contributed by atoms with Crippen LogP contribution in [-0.4, -0.2) is 41.7 Å². The fourth-order valence-electron chi connectivity index (χ4n) is 3.98. The summed E-state index contributed by atoms with van der Waals surface area (Å²) in [6, 6.07) is 13.7. The van der Waals surface area contributed by atoms with Gasteiger partial charge in [-0.05, 0) is 30.5 Å². The lowest BCUT2D eigenvalue weighted by atomic mass is 10.1. The summed E-state index contributed by atoms with van der Waals surface area (Å²) in [4.78, 5) is 24.6. The maximum Gasteiger partial charge on any atom is 0.280 e. The van der Waals surface area contributed by atoms with Crippen molar-refractivity contribution in [3.8, 4) is 0 Å². The van der Waals surface area contributed by atoms with E-state index in [1.807, 2.05) is 49.5 Å². The number of anilines is 2. The van der Waals surface area contributed by atoms with E-state index in [1.165, 1.54) is 43.4 Å². The largest absolute Gasteiger partial charge is 0.373 e. The van der Waals surface area contributed by atoms with Gasteiger partial charge in [0.05, 0.1) is 10.6 Å². The monoisotopic (exact) mass is 462 g/mol. The van der Waals surface area contributed by atoms with Crippen LogP contribution in [0.5, 0.6) is 0 Å². The number of nitrogens with zero attached hydrogens (tertiary/aromatic N) is 3. The summed E-state index contributed by atoms with van der Waals surface area (Å²) in [5, 5.41) is 15.1. The van der Waals surface area contributed by atoms with Crippen LogP contribution in [0.2, 0.25) is 0 Å². The number of hydrogen-bond donors (Lipinski definition) is 3. The number of aromatic nitrogens is 2. The summed E-state index contributed by atoms with van der Waals surface area (Å²) in [7, 11) is 1.82. The van der Waals surface area contributed by atoms with Gasteiger partial charge < -0.3 is 15.5 Å². The number of hydrogen-bond acceptors (Lipinski definition) is 7. The van der Waals surface area contributed by atoms with E-state index in [0.717, 1.165) is 24.5 Å². The molecular weight excluding hydrogens is 432 g/mol. The zero-order chi connectivity index (χ0) is 23.0. The summed E-state index contributed by atoms with van der Waals surface area (Å²) in [5.41, 5.74) is 2.04. The van der Waals surface area contributed by atoms with Gasteiger partial charge in [0.1, 0.15) is 11.6 Å². The predicted octanol–water partition coefficient (Wildman–Crippen LogP) is 4.70. The molecule has 7 nitrogen and oxygen atoms in total. The van der Waals surface area contributed by atoms with Crippen LogP contribution >= 0.6 is 11.3 Å². The van der Waals surface area contributed by atoms with Gasteiger partial charge in [-0.25, -0.2) is 9.97 Å². The number of thiazole rings is 1. The Bertz CT molecular complexity index is 1090. The lowest BCUT2D eigenvalue weighted by Crippen LogP contribution is -2.28. The second kappa shape index (κ2) is 11.0. The molecule has 0 unspecified atom stereocenters. The second-order valence-corrected chi connectivity index (χ2v) is 9.17. The topological polar surface area (TPSA) is 94.0 Å². The normalized spacial score (nSPS) is 14.3. The molecule has 172 valence electrons. The van der Waals surface area contributed by atoms with Gasteiger partial charge in [-0.2, -0.15) is 0 Å². The van der Waals surface area contributed by atoms with Crippen LogP contribution in [0, 0.1) is 5.41 Å². The Morgan fingerprint density at radius 3 is 2.52 bits per heavy atom. The van der Waals surface area contributed by atoms with Crippen LogP contribution in [0.25, 0.3) is 0 Å². The lowest BCUT2D eigenvalue weighted by molar-refractivity contribution is 0.0950. The minimum absolute atomic E-state index is 0.234. The Morgan fingerprint density at radius 1 is 1.06 bits per heavy atom. The standard InChI is InChI=1S/C25H30N6OS/c1-27-23-19(12-13-21(30-23)31-14-8-3-2-4-9-15-31)22(26)20-17-29-25(33-20)24(32)28-16-18-10-6-5-7-11-18/h5-7,10-13,17,26H,2-4,8-9,14-16H2,1H3,(H,27,30)(H,28,32). The second-order valence-electron chi connectivity index (χ2n) is 8.14. The average molecular weight is 463 g/mol. The van der Waals surface area contributed by atoms with E-state index in [9.17, 15) is 4.79 Å². The SMILES string of the molecule is CNc1nc(N2CCCCCCC2)ccc1C(=N)c1cnc(C(=O)NCc2ccccc2)s1. The minimum Gasteiger partial charge on any atom is -0.373 e. The fourth-order valence-corrected chi connectivity index (χ4v) is 4.77. The number of benzene rings is 1. The smallest absolute Gasteiger partial charge is 0.280 e. The van der Waals surface area contributed by atoms with Gasteiger partial charge in [-0.3, -0.25) is 10.2 Å². The van der Waals surface area contributed by atoms with Gasteiger partial charge in [0.15, 0.2) is 5.01 Å². The molecule has 3 N–H and O–H groups in total. The maximum atomic E-state index is 12.5. The molecule has 1 aliphatic heterocycles. The molecule has 33 heavy (non-hydrogen) atoms. The van der Waals surface area contributed by atoms with Crippen LogP contribution in [0.4, 0.5) is 11.6 Å². The number of rotatable bonds is 7. The first kappa shape index (κ1) is 22.9. The van der Waals surface area contributed by atoms with E-state index in [2.05, 4.69) is 20.5 Å². The van der Waals surface area contributed by atoms with E-state index >= 15 is 0 Å². The molecule has 0 saturated carbocycles. The molecule has 0 bridgehead atoms. The minimum atomic E-state index is -0.234. The zero-order valence-electron chi connectivity index (χ0n) is 18.9. The summed E-state index contributed by atoms with van der Waals surface area (Å²) in [6.07, 6.45) is 7.82. The Labute approximate surface area is 198 Å². The van der Waals surface area contributed by atoms with Crippen molar-refractivity contribution in [3.63, 3.8) is 0 Å². The van der Waals surface area contributed by atoms with Crippen LogP contribution in [0.3, 0.4) is 0 Å². The summed E-state index contributed by atoms with van der Waals surface area (Å²) in [6.45, 7) is 2.48. The third-order valence-electron chi connectivity index (χ3n) is 5.81. The van der Waals surface area contributed by atoms with Crippen LogP contribution in [0.15, 0.2) is 48.7 Å². The maximum absolute atomic E-state index is 12.5. The number of amides is 1. The van der Waals surface area contributed by atoms with Crippen molar-refractivity contribution in [1.82, 2.24) is 15.3 Å². The molecule has 1 aromatic carbocycles. The molecule has 2 aromatic heterocycles. The molecule has 0 radical (unpaired) electrons. The fraction of sp³-hybridized carbons (Fsp3) is 0.360. The molecule has 1 saturated heterocycles. The van der Waals surface area contributed by atoms with Crippen molar-refractivity contribution in [1.29, 1.82) is 5.41 Å². The Balaban J connectivity index is 1.46. The number of nitrogens with one attached hydrogen (secondary N) is 3. The van der Waals surface area contributed by atoms with Crippen molar-refractivity contribution in [2.75, 3.05) is 30.4 Å². The molecular formula is C25H30N6OS. The zero-order valence-corrected chi connectivity index (χ0v) is 19.8. The molecule has 1 amide bonds. The molecule has 8 heteroatoms. The van der Waals surface area contributed by atoms with E-state index in [4.69, 9.17) is 10.4 Å². The van der Waals surface area contributed by atoms with Gasteiger partial charge >= 0.3 is 0 Å². The van der Waals surface area contributed by atoms with Gasteiger partial charge in [0.25, 0.3) is 5.91 Å². The van der Waals surface area contributed by atoms with Crippen LogP contribution in [0.1, 0.15) is 57.9 Å². The van der Waals surface area contributed by atoms with E-state index < -0.39 is 0 Å². The molecule has 4 rings (SSSR count). The van der Waals surface area contributed by atoms with E-state index in [0.29, 0.717) is 33.5 Å². The van der Waals surface area contributed by atoms with Gasteiger partial charge in [0.2, 0.25) is 0 Å². The average Bonchev–Trinajstić information content (AvgIpc) is 3.33. The Morgan fingerprint density at radius 2 is 1.79 bits per heavy atom. The number of carbonyl (C=O) groups is 1. The van der Waals surface area contributed by atoms with Crippen molar-refractivity contribution in [3.05, 3.63) is 69.7 Å². The van der Waals surface area contributed by atoms with Gasteiger partial charge in [0, 0.05) is 38.4 Å². The molecule has 0 atom stereocenters. The highest BCUT2D eigenvalue weighted by Gasteiger charge is 2.19. The molecule has 0 aliphatic carbocycles. The van der Waals surface area contributed by atoms with E-state index in [1.54, 1.807) is 6.20 Å². The van der Waals surface area contributed by atoms with Crippen molar-refractivity contribution < 1.29 is 4.79 Å². The molecule has 0 spiro atoms. The van der Waals surface area contributed by atoms with Crippen molar-refractivity contribution >= 4 is 34.6 Å². The molecule has 3 heterocycles. The first-order valence-electron chi connectivity index (χ1n) is 11.5. The van der Waals surface area contributed by atoms with Crippen molar-refractivity contribution in [2.45, 2.75) is 38.6 Å². The molecule has 1 aliphatic rings. The summed E-state index contributed by atoms with van der Waals surface area (Å²) in [5.74, 6) is 1.38. The van der Waals surface area contributed by atoms with Crippen molar-refractivity contribution in [2.24, 2.45) is 0 Å². The quantitative estimate of drug-likeness (QED) is 0.443. The van der Waals surface area contributed by atoms with Gasteiger partial charge in [-0.1, -0.05) is 49.6 Å². The third-order valence-corrected chi connectivity index (χ3v) is 6.82.